The van der Waals surface area contributed by atoms with Gasteiger partial charge in [0, 0.05) is 27.9 Å². The van der Waals surface area contributed by atoms with Gasteiger partial charge >= 0.3 is 0 Å². The molecule has 0 saturated carbocycles. The van der Waals surface area contributed by atoms with Crippen molar-refractivity contribution >= 4 is 60.9 Å². The summed E-state index contributed by atoms with van der Waals surface area (Å²) in [5.74, 6) is 0.589. The predicted molar refractivity (Wildman–Crippen MR) is 235 cm³/mol. The highest BCUT2D eigenvalue weighted by Gasteiger charge is 2.21. The van der Waals surface area contributed by atoms with Crippen molar-refractivity contribution in [2.75, 3.05) is 4.90 Å². The van der Waals surface area contributed by atoms with Gasteiger partial charge in [-0.3, -0.25) is 0 Å². The summed E-state index contributed by atoms with van der Waals surface area (Å²) in [6.07, 6.45) is 0. The summed E-state index contributed by atoms with van der Waals surface area (Å²) in [6, 6.07) is 72.4. The van der Waals surface area contributed by atoms with E-state index in [4.69, 9.17) is 13.8 Å². The normalized spacial score (nSPS) is 11.5. The monoisotopic (exact) mass is 730 g/mol. The number of benzene rings is 9. The molecule has 0 amide bonds. The molecule has 11 rings (SSSR count). The van der Waals surface area contributed by atoms with Crippen LogP contribution in [0.15, 0.2) is 215 Å². The molecule has 57 heavy (non-hydrogen) atoms. The maximum Gasteiger partial charge on any atom is 0.227 e. The molecule has 2 aromatic heterocycles. The smallest absolute Gasteiger partial charge is 0.227 e. The topological polar surface area (TPSA) is 42.4 Å². The minimum absolute atomic E-state index is 0.589. The zero-order valence-electron chi connectivity index (χ0n) is 30.8. The molecule has 11 aromatic rings. The summed E-state index contributed by atoms with van der Waals surface area (Å²) >= 11 is 0. The van der Waals surface area contributed by atoms with Crippen molar-refractivity contribution in [3.63, 3.8) is 0 Å². The quantitative estimate of drug-likeness (QED) is 0.164. The molecule has 0 atom stereocenters. The third-order valence-electron chi connectivity index (χ3n) is 10.9. The zero-order valence-corrected chi connectivity index (χ0v) is 30.8. The van der Waals surface area contributed by atoms with Crippen LogP contribution >= 0.6 is 0 Å². The molecule has 9 aromatic carbocycles. The number of fused-ring (bicyclic) bond motifs is 6. The predicted octanol–water partition coefficient (Wildman–Crippen LogP) is 15.0. The lowest BCUT2D eigenvalue weighted by molar-refractivity contribution is 0.619. The largest absolute Gasteiger partial charge is 0.456 e. The first-order chi connectivity index (χ1) is 28.2. The van der Waals surface area contributed by atoms with E-state index < -0.39 is 0 Å². The highest BCUT2D eigenvalue weighted by atomic mass is 16.4. The summed E-state index contributed by atoms with van der Waals surface area (Å²) in [6.45, 7) is 0. The van der Waals surface area contributed by atoms with Crippen LogP contribution in [-0.4, -0.2) is 4.98 Å². The van der Waals surface area contributed by atoms with Crippen LogP contribution in [0.4, 0.5) is 17.1 Å². The lowest BCUT2D eigenvalue weighted by Crippen LogP contribution is -2.11. The summed E-state index contributed by atoms with van der Waals surface area (Å²) < 4.78 is 12.8. The Morgan fingerprint density at radius 2 is 1.00 bits per heavy atom. The number of hydrogen-bond donors (Lipinski definition) is 0. The number of para-hydroxylation sites is 1. The van der Waals surface area contributed by atoms with Crippen molar-refractivity contribution < 1.29 is 8.83 Å². The van der Waals surface area contributed by atoms with Crippen molar-refractivity contribution in [3.8, 4) is 44.8 Å². The number of aromatic nitrogens is 1. The fourth-order valence-electron chi connectivity index (χ4n) is 8.18. The van der Waals surface area contributed by atoms with Gasteiger partial charge in [0.05, 0.1) is 11.1 Å². The van der Waals surface area contributed by atoms with Gasteiger partial charge in [-0.1, -0.05) is 140 Å². The average molecular weight is 731 g/mol. The van der Waals surface area contributed by atoms with E-state index in [1.165, 1.54) is 21.9 Å². The van der Waals surface area contributed by atoms with Gasteiger partial charge < -0.3 is 13.7 Å². The molecule has 4 nitrogen and oxygen atoms in total. The second-order valence-electron chi connectivity index (χ2n) is 14.3. The second-order valence-corrected chi connectivity index (χ2v) is 14.3. The standard InChI is InChI=1S/C53H34N2O2/c1-3-14-37(15-4-1)44-21-9-10-23-46(44)55(42-29-27-36(28-30-42)40-26-25-35-13-7-8-18-39(35)33-40)43-20-11-19-41(34-43)45-22-12-24-47-50(45)51-48(56-47)31-32-49-52(51)54-53(57-49)38-16-5-2-6-17-38/h1-34H. The minimum atomic E-state index is 0.589. The zero-order chi connectivity index (χ0) is 37.7. The molecule has 0 bridgehead atoms. The molecule has 4 heteroatoms. The maximum atomic E-state index is 6.50. The highest BCUT2D eigenvalue weighted by Crippen LogP contribution is 2.45. The minimum Gasteiger partial charge on any atom is -0.456 e. The lowest BCUT2D eigenvalue weighted by Gasteiger charge is -2.28. The third kappa shape index (κ3) is 5.74. The van der Waals surface area contributed by atoms with Crippen LogP contribution in [0.5, 0.6) is 0 Å². The number of hydrogen-bond acceptors (Lipinski definition) is 4. The van der Waals surface area contributed by atoms with E-state index in [-0.39, 0.29) is 0 Å². The van der Waals surface area contributed by atoms with Crippen LogP contribution in [0.3, 0.4) is 0 Å². The van der Waals surface area contributed by atoms with E-state index in [0.29, 0.717) is 5.89 Å². The van der Waals surface area contributed by atoms with Crippen LogP contribution in [0.1, 0.15) is 0 Å². The molecule has 0 saturated heterocycles. The van der Waals surface area contributed by atoms with Crippen LogP contribution < -0.4 is 4.90 Å². The molecular formula is C53H34N2O2. The van der Waals surface area contributed by atoms with Gasteiger partial charge in [0.25, 0.3) is 0 Å². The van der Waals surface area contributed by atoms with Crippen molar-refractivity contribution in [1.29, 1.82) is 0 Å². The molecule has 0 spiro atoms. The Balaban J connectivity index is 1.08. The molecule has 0 unspecified atom stereocenters. The average Bonchev–Trinajstić information content (AvgIpc) is 3.90. The molecule has 0 radical (unpaired) electrons. The molecule has 0 aliphatic heterocycles. The van der Waals surface area contributed by atoms with E-state index >= 15 is 0 Å². The Bertz CT molecular complexity index is 3240. The molecule has 0 N–H and O–H groups in total. The Hall–Kier alpha value is -7.69. The van der Waals surface area contributed by atoms with E-state index in [2.05, 4.69) is 163 Å². The fourth-order valence-corrected chi connectivity index (χ4v) is 8.18. The van der Waals surface area contributed by atoms with Crippen LogP contribution in [-0.2, 0) is 0 Å². The van der Waals surface area contributed by atoms with E-state index in [9.17, 15) is 0 Å². The molecule has 268 valence electrons. The first-order valence-electron chi connectivity index (χ1n) is 19.2. The van der Waals surface area contributed by atoms with Crippen molar-refractivity contribution in [3.05, 3.63) is 206 Å². The van der Waals surface area contributed by atoms with Crippen molar-refractivity contribution in [2.24, 2.45) is 0 Å². The Morgan fingerprint density at radius 3 is 1.84 bits per heavy atom. The van der Waals surface area contributed by atoms with Crippen LogP contribution in [0, 0.1) is 0 Å². The molecule has 0 aliphatic carbocycles. The maximum absolute atomic E-state index is 6.50. The Morgan fingerprint density at radius 1 is 0.351 bits per heavy atom. The van der Waals surface area contributed by atoms with Gasteiger partial charge in [0.15, 0.2) is 5.58 Å². The molecule has 0 aliphatic rings. The lowest BCUT2D eigenvalue weighted by atomic mass is 9.97. The van der Waals surface area contributed by atoms with Crippen LogP contribution in [0.25, 0.3) is 88.6 Å². The van der Waals surface area contributed by atoms with Gasteiger partial charge in [-0.15, -0.1) is 0 Å². The number of nitrogens with zero attached hydrogens (tertiary/aromatic N) is 2. The summed E-state index contributed by atoms with van der Waals surface area (Å²) in [5, 5.41) is 4.43. The summed E-state index contributed by atoms with van der Waals surface area (Å²) in [5.41, 5.74) is 14.0. The summed E-state index contributed by atoms with van der Waals surface area (Å²) in [7, 11) is 0. The first kappa shape index (κ1) is 32.7. The van der Waals surface area contributed by atoms with Crippen molar-refractivity contribution in [2.45, 2.75) is 0 Å². The first-order valence-corrected chi connectivity index (χ1v) is 19.2. The number of anilines is 3. The Labute approximate surface area is 329 Å². The Kier molecular flexibility index (Phi) is 7.78. The number of oxazole rings is 1. The number of furan rings is 1. The van der Waals surface area contributed by atoms with E-state index in [1.807, 2.05) is 48.5 Å². The highest BCUT2D eigenvalue weighted by molar-refractivity contribution is 6.21. The van der Waals surface area contributed by atoms with Crippen LogP contribution in [0.2, 0.25) is 0 Å². The van der Waals surface area contributed by atoms with E-state index in [0.717, 1.165) is 77.9 Å². The SMILES string of the molecule is c1ccc(-c2nc3c(ccc4oc5cccc(-c6cccc(N(c7ccc(-c8ccc9ccccc9c8)cc7)c7ccccc7-c7ccccc7)c6)c5c43)o2)cc1. The number of rotatable bonds is 7. The van der Waals surface area contributed by atoms with Crippen molar-refractivity contribution in [1.82, 2.24) is 4.98 Å². The van der Waals surface area contributed by atoms with Gasteiger partial charge in [-0.05, 0) is 105 Å². The molecular weight excluding hydrogens is 697 g/mol. The van der Waals surface area contributed by atoms with Gasteiger partial charge in [-0.25, -0.2) is 4.98 Å². The van der Waals surface area contributed by atoms with E-state index in [1.54, 1.807) is 0 Å². The summed E-state index contributed by atoms with van der Waals surface area (Å²) in [4.78, 5) is 7.41. The van der Waals surface area contributed by atoms with Gasteiger partial charge in [0.2, 0.25) is 5.89 Å². The third-order valence-corrected chi connectivity index (χ3v) is 10.9. The van der Waals surface area contributed by atoms with Gasteiger partial charge in [0.1, 0.15) is 16.7 Å². The molecule has 2 heterocycles. The second kappa shape index (κ2) is 13.6. The van der Waals surface area contributed by atoms with Gasteiger partial charge in [-0.2, -0.15) is 0 Å². The fraction of sp³-hybridized carbons (Fsp3) is 0. The molecule has 0 fully saturated rings.